The number of rotatable bonds is 6. The van der Waals surface area contributed by atoms with E-state index in [-0.39, 0.29) is 6.10 Å². The van der Waals surface area contributed by atoms with Gasteiger partial charge in [-0.2, -0.15) is 0 Å². The van der Waals surface area contributed by atoms with E-state index >= 15 is 0 Å². The summed E-state index contributed by atoms with van der Waals surface area (Å²) >= 11 is 0. The van der Waals surface area contributed by atoms with Crippen molar-refractivity contribution in [2.75, 3.05) is 13.2 Å². The molecule has 3 heterocycles. The molecular formula is C24H21N3O3. The van der Waals surface area contributed by atoms with Crippen molar-refractivity contribution in [1.29, 1.82) is 5.41 Å². The molecule has 0 aliphatic heterocycles. The molecule has 1 aromatic carbocycles. The highest BCUT2D eigenvalue weighted by atomic mass is 16.5. The maximum Gasteiger partial charge on any atom is 0.155 e. The second-order valence-electron chi connectivity index (χ2n) is 7.10. The Morgan fingerprint density at radius 1 is 1.13 bits per heavy atom. The van der Waals surface area contributed by atoms with E-state index in [0.717, 1.165) is 11.9 Å². The number of nitrogens with zero attached hydrogens (tertiary/aromatic N) is 2. The molecule has 0 radical (unpaired) electrons. The van der Waals surface area contributed by atoms with Crippen LogP contribution in [-0.4, -0.2) is 28.7 Å². The van der Waals surface area contributed by atoms with Crippen molar-refractivity contribution in [2.45, 2.75) is 12.5 Å². The van der Waals surface area contributed by atoms with Crippen molar-refractivity contribution in [3.8, 4) is 17.2 Å². The lowest BCUT2D eigenvalue weighted by atomic mass is 10.1. The first kappa shape index (κ1) is 18.4. The van der Waals surface area contributed by atoms with Crippen molar-refractivity contribution in [3.05, 3.63) is 84.7 Å². The van der Waals surface area contributed by atoms with Gasteiger partial charge in [-0.25, -0.2) is 4.98 Å². The number of aromatic nitrogens is 2. The van der Waals surface area contributed by atoms with E-state index in [1.54, 1.807) is 12.4 Å². The number of fused-ring (bicyclic) bond motifs is 2. The zero-order valence-corrected chi connectivity index (χ0v) is 16.3. The van der Waals surface area contributed by atoms with Gasteiger partial charge >= 0.3 is 0 Å². The molecule has 5 rings (SSSR count). The molecule has 6 heteroatoms. The topological polar surface area (TPSA) is 72.8 Å². The molecule has 0 bridgehead atoms. The zero-order chi connectivity index (χ0) is 20.3. The van der Waals surface area contributed by atoms with E-state index in [1.165, 1.54) is 0 Å². The van der Waals surface area contributed by atoms with E-state index in [9.17, 15) is 0 Å². The van der Waals surface area contributed by atoms with Crippen LogP contribution in [0.5, 0.6) is 5.75 Å². The third kappa shape index (κ3) is 3.77. The highest BCUT2D eigenvalue weighted by molar-refractivity contribution is 5.79. The normalized spacial score (nSPS) is 15.8. The maximum absolute atomic E-state index is 8.44. The highest BCUT2D eigenvalue weighted by Gasteiger charge is 2.09. The van der Waals surface area contributed by atoms with Gasteiger partial charge in [-0.3, -0.25) is 5.41 Å². The largest absolute Gasteiger partial charge is 0.491 e. The summed E-state index contributed by atoms with van der Waals surface area (Å²) in [6.07, 6.45) is 12.9. The quantitative estimate of drug-likeness (QED) is 0.484. The second kappa shape index (κ2) is 8.00. The molecule has 0 saturated heterocycles. The van der Waals surface area contributed by atoms with E-state index in [4.69, 9.17) is 19.3 Å². The molecule has 150 valence electrons. The number of hydrogen-bond acceptors (Lipinski definition) is 5. The molecule has 1 aliphatic rings. The van der Waals surface area contributed by atoms with Gasteiger partial charge in [-0.1, -0.05) is 24.3 Å². The Hall–Kier alpha value is -3.64. The average molecular weight is 399 g/mol. The number of hydrogen-bond donors (Lipinski definition) is 1. The van der Waals surface area contributed by atoms with Gasteiger partial charge in [-0.15, -0.1) is 0 Å². The molecule has 0 fully saturated rings. The lowest BCUT2D eigenvalue weighted by Crippen LogP contribution is -2.15. The van der Waals surface area contributed by atoms with Crippen LogP contribution >= 0.6 is 0 Å². The average Bonchev–Trinajstić information content (AvgIpc) is 3.25. The number of nitrogens with one attached hydrogen (secondary N) is 1. The van der Waals surface area contributed by atoms with Crippen LogP contribution in [0.2, 0.25) is 0 Å². The second-order valence-corrected chi connectivity index (χ2v) is 7.10. The predicted octanol–water partition coefficient (Wildman–Crippen LogP) is 4.51. The molecule has 3 aromatic heterocycles. The molecule has 0 amide bonds. The SMILES string of the molecule is N=c1cc(-c2cc3cccn3cn2)oc2ccc(OCCOC3C=CC=CC3)cc12. The molecule has 4 aromatic rings. The van der Waals surface area contributed by atoms with Gasteiger partial charge < -0.3 is 18.3 Å². The van der Waals surface area contributed by atoms with Gasteiger partial charge in [0.2, 0.25) is 0 Å². The predicted molar refractivity (Wildman–Crippen MR) is 114 cm³/mol. The first-order chi connectivity index (χ1) is 14.8. The van der Waals surface area contributed by atoms with Crippen LogP contribution in [0.3, 0.4) is 0 Å². The summed E-state index contributed by atoms with van der Waals surface area (Å²) in [5, 5.41) is 9.50. The lowest BCUT2D eigenvalue weighted by Gasteiger charge is -2.14. The third-order valence-electron chi connectivity index (χ3n) is 5.03. The summed E-state index contributed by atoms with van der Waals surface area (Å²) in [7, 11) is 0. The first-order valence-electron chi connectivity index (χ1n) is 9.90. The van der Waals surface area contributed by atoms with Gasteiger partial charge in [0.15, 0.2) is 5.76 Å². The Labute approximate surface area is 173 Å². The molecule has 6 nitrogen and oxygen atoms in total. The lowest BCUT2D eigenvalue weighted by molar-refractivity contribution is 0.0617. The number of benzene rings is 1. The summed E-state index contributed by atoms with van der Waals surface area (Å²) in [5.74, 6) is 1.25. The number of ether oxygens (including phenoxy) is 2. The Morgan fingerprint density at radius 2 is 2.10 bits per heavy atom. The molecule has 1 aliphatic carbocycles. The van der Waals surface area contributed by atoms with Crippen molar-refractivity contribution in [1.82, 2.24) is 9.38 Å². The standard InChI is InChI=1S/C24H21N3O3/c25-21-15-24(22-13-17-5-4-10-27(17)16-26-22)30-23-9-8-19(14-20(21)23)29-12-11-28-18-6-2-1-3-7-18/h1-6,8-10,13-16,18,25H,7,11-12H2. The summed E-state index contributed by atoms with van der Waals surface area (Å²) in [6, 6.07) is 13.1. The van der Waals surface area contributed by atoms with Crippen molar-refractivity contribution in [3.63, 3.8) is 0 Å². The third-order valence-corrected chi connectivity index (χ3v) is 5.03. The van der Waals surface area contributed by atoms with Gasteiger partial charge in [0, 0.05) is 23.2 Å². The smallest absolute Gasteiger partial charge is 0.155 e. The van der Waals surface area contributed by atoms with E-state index in [1.807, 2.05) is 65.2 Å². The molecule has 0 saturated carbocycles. The van der Waals surface area contributed by atoms with Gasteiger partial charge in [0.25, 0.3) is 0 Å². The fourth-order valence-corrected chi connectivity index (χ4v) is 3.49. The van der Waals surface area contributed by atoms with Crippen LogP contribution in [0.1, 0.15) is 6.42 Å². The van der Waals surface area contributed by atoms with Gasteiger partial charge in [-0.05, 0) is 42.8 Å². The van der Waals surface area contributed by atoms with Crippen LogP contribution < -0.4 is 10.1 Å². The Balaban J connectivity index is 1.31. The van der Waals surface area contributed by atoms with E-state index in [2.05, 4.69) is 11.1 Å². The molecular weight excluding hydrogens is 378 g/mol. The van der Waals surface area contributed by atoms with Crippen molar-refractivity contribution >= 4 is 16.5 Å². The summed E-state index contributed by atoms with van der Waals surface area (Å²) in [6.45, 7) is 0.954. The Kier molecular flexibility index (Phi) is 4.91. The molecule has 1 atom stereocenters. The fraction of sp³-hybridized carbons (Fsp3) is 0.167. The first-order valence-corrected chi connectivity index (χ1v) is 9.90. The molecule has 1 N–H and O–H groups in total. The maximum atomic E-state index is 8.44. The fourth-order valence-electron chi connectivity index (χ4n) is 3.49. The van der Waals surface area contributed by atoms with Crippen LogP contribution in [-0.2, 0) is 4.74 Å². The van der Waals surface area contributed by atoms with Crippen LogP contribution in [0.4, 0.5) is 0 Å². The van der Waals surface area contributed by atoms with Crippen molar-refractivity contribution in [2.24, 2.45) is 0 Å². The van der Waals surface area contributed by atoms with Crippen LogP contribution in [0.25, 0.3) is 27.9 Å². The minimum Gasteiger partial charge on any atom is -0.491 e. The molecule has 1 unspecified atom stereocenters. The van der Waals surface area contributed by atoms with Crippen molar-refractivity contribution < 1.29 is 13.9 Å². The zero-order valence-electron chi connectivity index (χ0n) is 16.3. The molecule has 30 heavy (non-hydrogen) atoms. The number of allylic oxidation sites excluding steroid dienone is 2. The monoisotopic (exact) mass is 399 g/mol. The Bertz CT molecular complexity index is 1320. The van der Waals surface area contributed by atoms with E-state index < -0.39 is 0 Å². The van der Waals surface area contributed by atoms with Crippen LogP contribution in [0, 0.1) is 5.41 Å². The summed E-state index contributed by atoms with van der Waals surface area (Å²) in [5.41, 5.74) is 2.34. The highest BCUT2D eigenvalue weighted by Crippen LogP contribution is 2.24. The summed E-state index contributed by atoms with van der Waals surface area (Å²) < 4.78 is 19.5. The minimum absolute atomic E-state index is 0.117. The van der Waals surface area contributed by atoms with E-state index in [0.29, 0.717) is 46.7 Å². The van der Waals surface area contributed by atoms with Crippen LogP contribution in [0.15, 0.2) is 83.7 Å². The minimum atomic E-state index is 0.117. The van der Waals surface area contributed by atoms with Gasteiger partial charge in [0.1, 0.15) is 23.6 Å². The Morgan fingerprint density at radius 3 is 3.00 bits per heavy atom. The molecule has 0 spiro atoms. The van der Waals surface area contributed by atoms with Gasteiger partial charge in [0.05, 0.1) is 24.4 Å². The summed E-state index contributed by atoms with van der Waals surface area (Å²) in [4.78, 5) is 4.44.